The molecule has 38 heavy (non-hydrogen) atoms. The maximum absolute atomic E-state index is 12.6. The van der Waals surface area contributed by atoms with E-state index in [1.54, 1.807) is 12.3 Å². The Morgan fingerprint density at radius 3 is 2.68 bits per heavy atom. The normalized spacial score (nSPS) is 18.5. The van der Waals surface area contributed by atoms with E-state index in [2.05, 4.69) is 15.5 Å². The van der Waals surface area contributed by atoms with Gasteiger partial charge >= 0.3 is 0 Å². The molecule has 3 heterocycles. The van der Waals surface area contributed by atoms with Crippen molar-refractivity contribution in [2.24, 2.45) is 0 Å². The lowest BCUT2D eigenvalue weighted by molar-refractivity contribution is -0.135. The van der Waals surface area contributed by atoms with Crippen molar-refractivity contribution in [1.82, 2.24) is 20.1 Å². The number of halogens is 1. The largest absolute Gasteiger partial charge is 0.494 e. The molecule has 0 saturated carbocycles. The molecule has 1 unspecified atom stereocenters. The van der Waals surface area contributed by atoms with Crippen molar-refractivity contribution in [3.63, 3.8) is 0 Å². The molecule has 2 aliphatic rings. The first kappa shape index (κ1) is 26.2. The van der Waals surface area contributed by atoms with Crippen molar-refractivity contribution >= 4 is 40.1 Å². The summed E-state index contributed by atoms with van der Waals surface area (Å²) >= 11 is 6.51. The van der Waals surface area contributed by atoms with Gasteiger partial charge in [0.25, 0.3) is 0 Å². The zero-order valence-electron chi connectivity index (χ0n) is 21.0. The molecular weight excluding hydrogens is 508 g/mol. The number of hydrogen-bond donors (Lipinski definition) is 3. The first-order valence-electron chi connectivity index (χ1n) is 12.9. The lowest BCUT2D eigenvalue weighted by Crippen LogP contribution is -2.41. The van der Waals surface area contributed by atoms with Gasteiger partial charge in [-0.2, -0.15) is 0 Å². The van der Waals surface area contributed by atoms with E-state index in [1.165, 1.54) is 4.57 Å². The number of aromatic nitrogens is 1. The fourth-order valence-electron chi connectivity index (χ4n) is 5.02. The zero-order chi connectivity index (χ0) is 26.6. The number of piperidine rings is 1. The number of rotatable bonds is 8. The molecule has 0 bridgehead atoms. The third kappa shape index (κ3) is 6.01. The summed E-state index contributed by atoms with van der Waals surface area (Å²) in [4.78, 5) is 38.7. The smallest absolute Gasteiger partial charge is 0.249 e. The van der Waals surface area contributed by atoms with Crippen LogP contribution < -0.4 is 10.6 Å². The van der Waals surface area contributed by atoms with Gasteiger partial charge in [0, 0.05) is 54.6 Å². The van der Waals surface area contributed by atoms with Crippen LogP contribution in [0.5, 0.6) is 5.88 Å². The first-order chi connectivity index (χ1) is 18.4. The van der Waals surface area contributed by atoms with Gasteiger partial charge in [-0.15, -0.1) is 0 Å². The molecule has 9 nitrogen and oxygen atoms in total. The van der Waals surface area contributed by atoms with Crippen molar-refractivity contribution in [3.8, 4) is 5.88 Å². The summed E-state index contributed by atoms with van der Waals surface area (Å²) in [5.74, 6) is -0.862. The molecule has 2 aliphatic heterocycles. The van der Waals surface area contributed by atoms with Gasteiger partial charge in [0.1, 0.15) is 6.04 Å². The number of imide groups is 1. The number of nitrogens with zero attached hydrogens (tertiary/aromatic N) is 2. The lowest BCUT2D eigenvalue weighted by Gasteiger charge is -2.26. The van der Waals surface area contributed by atoms with Crippen LogP contribution in [0.15, 0.2) is 42.6 Å². The van der Waals surface area contributed by atoms with E-state index in [0.717, 1.165) is 61.3 Å². The molecule has 0 spiro atoms. The summed E-state index contributed by atoms with van der Waals surface area (Å²) in [6.45, 7) is 4.68. The Morgan fingerprint density at radius 2 is 1.92 bits per heavy atom. The minimum Gasteiger partial charge on any atom is -0.494 e. The highest BCUT2D eigenvalue weighted by atomic mass is 35.5. The molecule has 5 rings (SSSR count). The zero-order valence-corrected chi connectivity index (χ0v) is 21.8. The Balaban J connectivity index is 1.16. The number of hydrogen-bond acceptors (Lipinski definition) is 6. The van der Waals surface area contributed by atoms with E-state index in [-0.39, 0.29) is 30.5 Å². The summed E-state index contributed by atoms with van der Waals surface area (Å²) in [6.07, 6.45) is 3.34. The molecule has 1 aromatic heterocycles. The molecule has 2 fully saturated rings. The quantitative estimate of drug-likeness (QED) is 0.380. The van der Waals surface area contributed by atoms with Crippen LogP contribution in [0, 0.1) is 0 Å². The van der Waals surface area contributed by atoms with Gasteiger partial charge in [0.2, 0.25) is 17.7 Å². The minimum atomic E-state index is -0.638. The first-order valence-corrected chi connectivity index (χ1v) is 13.3. The molecule has 3 aromatic rings. The Morgan fingerprint density at radius 1 is 1.13 bits per heavy atom. The number of carbonyl (C=O) groups is 3. The predicted octanol–water partition coefficient (Wildman–Crippen LogP) is 2.71. The lowest BCUT2D eigenvalue weighted by atomic mass is 10.1. The van der Waals surface area contributed by atoms with Crippen LogP contribution in [0.3, 0.4) is 0 Å². The monoisotopic (exact) mass is 538 g/mol. The Labute approximate surface area is 225 Å². The molecule has 10 heteroatoms. The van der Waals surface area contributed by atoms with Gasteiger partial charge in [-0.3, -0.25) is 24.6 Å². The number of fused-ring (bicyclic) bond motifs is 1. The predicted molar refractivity (Wildman–Crippen MR) is 143 cm³/mol. The Hall–Kier alpha value is -3.40. The van der Waals surface area contributed by atoms with Crippen LogP contribution in [0.25, 0.3) is 10.8 Å². The van der Waals surface area contributed by atoms with Crippen molar-refractivity contribution in [2.45, 2.75) is 38.3 Å². The van der Waals surface area contributed by atoms with E-state index >= 15 is 0 Å². The SMILES string of the molecule is O=C(Cc1ccc(CCN2CCOCC2)c(Cl)c1)NCc1ccc2c(O)n(C3CCC(=O)NC3=O)cc2c1. The van der Waals surface area contributed by atoms with Crippen molar-refractivity contribution in [3.05, 3.63) is 64.3 Å². The molecule has 2 aromatic carbocycles. The molecule has 3 N–H and O–H groups in total. The molecular formula is C28H31ClN4O5. The highest BCUT2D eigenvalue weighted by Crippen LogP contribution is 2.33. The number of ether oxygens (including phenoxy) is 1. The fourth-order valence-corrected chi connectivity index (χ4v) is 5.32. The highest BCUT2D eigenvalue weighted by Gasteiger charge is 2.30. The van der Waals surface area contributed by atoms with Crippen LogP contribution in [-0.2, 0) is 38.5 Å². The second-order valence-corrected chi connectivity index (χ2v) is 10.2. The molecule has 3 amide bonds. The summed E-state index contributed by atoms with van der Waals surface area (Å²) in [7, 11) is 0. The standard InChI is InChI=1S/C28H31ClN4O5/c29-23-14-18(1-3-20(23)7-8-32-9-11-38-12-10-32)15-26(35)30-16-19-2-4-22-21(13-19)17-33(28(22)37)24-5-6-25(34)31-27(24)36/h1-4,13-14,17,24,37H,5-12,15-16H2,(H,30,35)(H,31,34,36). The summed E-state index contributed by atoms with van der Waals surface area (Å²) in [5.41, 5.74) is 2.79. The average molecular weight is 539 g/mol. The summed E-state index contributed by atoms with van der Waals surface area (Å²) in [6, 6.07) is 10.6. The molecule has 2 saturated heterocycles. The average Bonchev–Trinajstić information content (AvgIpc) is 3.23. The number of amides is 3. The van der Waals surface area contributed by atoms with Gasteiger partial charge in [0.15, 0.2) is 5.88 Å². The van der Waals surface area contributed by atoms with Crippen LogP contribution in [0.2, 0.25) is 5.02 Å². The van der Waals surface area contributed by atoms with Gasteiger partial charge in [-0.1, -0.05) is 29.8 Å². The van der Waals surface area contributed by atoms with Gasteiger partial charge < -0.3 is 19.7 Å². The number of benzene rings is 2. The number of morpholine rings is 1. The minimum absolute atomic E-state index is 0.0182. The van der Waals surface area contributed by atoms with Crippen molar-refractivity contribution < 1.29 is 24.2 Å². The molecule has 1 atom stereocenters. The maximum atomic E-state index is 12.6. The van der Waals surface area contributed by atoms with Crippen LogP contribution in [0.1, 0.15) is 35.6 Å². The van der Waals surface area contributed by atoms with Crippen LogP contribution in [-0.4, -0.2) is 65.1 Å². The Bertz CT molecular complexity index is 1360. The topological polar surface area (TPSA) is 113 Å². The fraction of sp³-hybridized carbons (Fsp3) is 0.393. The maximum Gasteiger partial charge on any atom is 0.249 e. The van der Waals surface area contributed by atoms with Gasteiger partial charge in [-0.05, 0) is 47.7 Å². The van der Waals surface area contributed by atoms with E-state index in [0.29, 0.717) is 23.4 Å². The Kier molecular flexibility index (Phi) is 7.97. The molecule has 0 radical (unpaired) electrons. The van der Waals surface area contributed by atoms with E-state index in [1.807, 2.05) is 30.3 Å². The summed E-state index contributed by atoms with van der Waals surface area (Å²) < 4.78 is 6.89. The van der Waals surface area contributed by atoms with E-state index < -0.39 is 11.9 Å². The van der Waals surface area contributed by atoms with E-state index in [4.69, 9.17) is 16.3 Å². The molecule has 200 valence electrons. The number of aromatic hydroxyl groups is 1. The van der Waals surface area contributed by atoms with Gasteiger partial charge in [-0.25, -0.2) is 0 Å². The third-order valence-corrected chi connectivity index (χ3v) is 7.55. The van der Waals surface area contributed by atoms with Crippen LogP contribution in [0.4, 0.5) is 0 Å². The second kappa shape index (κ2) is 11.6. The second-order valence-electron chi connectivity index (χ2n) is 9.83. The third-order valence-electron chi connectivity index (χ3n) is 7.20. The highest BCUT2D eigenvalue weighted by molar-refractivity contribution is 6.31. The van der Waals surface area contributed by atoms with Gasteiger partial charge in [0.05, 0.1) is 19.6 Å². The van der Waals surface area contributed by atoms with E-state index in [9.17, 15) is 19.5 Å². The van der Waals surface area contributed by atoms with Crippen molar-refractivity contribution in [2.75, 3.05) is 32.8 Å². The number of carbonyl (C=O) groups excluding carboxylic acids is 3. The van der Waals surface area contributed by atoms with Crippen molar-refractivity contribution in [1.29, 1.82) is 0 Å². The molecule has 0 aliphatic carbocycles. The van der Waals surface area contributed by atoms with Crippen LogP contribution >= 0.6 is 11.6 Å². The number of nitrogens with one attached hydrogen (secondary N) is 2. The summed E-state index contributed by atoms with van der Waals surface area (Å²) in [5, 5.41) is 17.9.